The Morgan fingerprint density at radius 2 is 2.25 bits per heavy atom. The Kier molecular flexibility index (Phi) is 4.03. The molecule has 0 spiro atoms. The molecule has 4 nitrogen and oxygen atoms in total. The zero-order valence-corrected chi connectivity index (χ0v) is 12.7. The monoisotopic (exact) mass is 336 g/mol. The van der Waals surface area contributed by atoms with Crippen LogP contribution in [0.3, 0.4) is 0 Å². The zero-order valence-electron chi connectivity index (χ0n) is 11.1. The molecular formula is C15H17BrN2O2. The van der Waals surface area contributed by atoms with E-state index in [1.54, 1.807) is 0 Å². The Bertz CT molecular complexity index is 608. The van der Waals surface area contributed by atoms with Gasteiger partial charge in [-0.05, 0) is 23.8 Å². The zero-order chi connectivity index (χ0) is 14.0. The first-order chi connectivity index (χ1) is 9.72. The second-order valence-corrected chi connectivity index (χ2v) is 6.31. The van der Waals surface area contributed by atoms with Gasteiger partial charge in [0.15, 0.2) is 0 Å². The molecule has 0 unspecified atom stereocenters. The fourth-order valence-electron chi connectivity index (χ4n) is 2.46. The van der Waals surface area contributed by atoms with Crippen LogP contribution in [0.5, 0.6) is 0 Å². The predicted octanol–water partition coefficient (Wildman–Crippen LogP) is 2.10. The first kappa shape index (κ1) is 13.9. The van der Waals surface area contributed by atoms with Gasteiger partial charge in [0.1, 0.15) is 0 Å². The highest BCUT2D eigenvalue weighted by molar-refractivity contribution is 9.10. The van der Waals surface area contributed by atoms with Crippen LogP contribution in [0.25, 0.3) is 10.9 Å². The molecule has 1 aliphatic heterocycles. The Balaban J connectivity index is 1.74. The van der Waals surface area contributed by atoms with Crippen molar-refractivity contribution in [3.05, 3.63) is 40.5 Å². The van der Waals surface area contributed by atoms with Crippen LogP contribution in [0.2, 0.25) is 0 Å². The number of hydrogen-bond acceptors (Lipinski definition) is 4. The SMILES string of the molecule is OCC1(CNCc2cc(Br)cc3cccnc23)COC1. The minimum absolute atomic E-state index is 0.102. The Hall–Kier alpha value is -1.01. The van der Waals surface area contributed by atoms with E-state index in [1.165, 1.54) is 0 Å². The van der Waals surface area contributed by atoms with Crippen molar-refractivity contribution < 1.29 is 9.84 Å². The van der Waals surface area contributed by atoms with Crippen LogP contribution >= 0.6 is 15.9 Å². The van der Waals surface area contributed by atoms with E-state index in [-0.39, 0.29) is 12.0 Å². The lowest BCUT2D eigenvalue weighted by molar-refractivity contribution is -0.134. The highest BCUT2D eigenvalue weighted by Gasteiger charge is 2.37. The molecule has 0 saturated carbocycles. The summed E-state index contributed by atoms with van der Waals surface area (Å²) in [7, 11) is 0. The third-order valence-corrected chi connectivity index (χ3v) is 4.17. The summed E-state index contributed by atoms with van der Waals surface area (Å²) in [5.74, 6) is 0. The van der Waals surface area contributed by atoms with E-state index in [0.717, 1.165) is 34.0 Å². The minimum atomic E-state index is -0.102. The van der Waals surface area contributed by atoms with Crippen molar-refractivity contribution in [3.8, 4) is 0 Å². The summed E-state index contributed by atoms with van der Waals surface area (Å²) in [5, 5.41) is 14.0. The summed E-state index contributed by atoms with van der Waals surface area (Å²) >= 11 is 3.54. The Morgan fingerprint density at radius 3 is 2.95 bits per heavy atom. The number of fused-ring (bicyclic) bond motifs is 1. The van der Waals surface area contributed by atoms with Gasteiger partial charge >= 0.3 is 0 Å². The van der Waals surface area contributed by atoms with Crippen LogP contribution in [-0.2, 0) is 11.3 Å². The summed E-state index contributed by atoms with van der Waals surface area (Å²) in [6.45, 7) is 2.92. The van der Waals surface area contributed by atoms with E-state index in [9.17, 15) is 5.11 Å². The molecule has 3 rings (SSSR count). The summed E-state index contributed by atoms with van der Waals surface area (Å²) in [5.41, 5.74) is 2.07. The molecule has 2 N–H and O–H groups in total. The summed E-state index contributed by atoms with van der Waals surface area (Å²) in [6.07, 6.45) is 1.81. The van der Waals surface area contributed by atoms with Gasteiger partial charge in [0, 0.05) is 29.1 Å². The number of hydrogen-bond donors (Lipinski definition) is 2. The normalized spacial score (nSPS) is 17.1. The Labute approximate surface area is 126 Å². The molecule has 1 aromatic carbocycles. The second-order valence-electron chi connectivity index (χ2n) is 5.39. The van der Waals surface area contributed by atoms with Gasteiger partial charge in [-0.1, -0.05) is 22.0 Å². The fourth-order valence-corrected chi connectivity index (χ4v) is 2.99. The van der Waals surface area contributed by atoms with Crippen molar-refractivity contribution in [2.45, 2.75) is 6.54 Å². The quantitative estimate of drug-likeness (QED) is 0.877. The van der Waals surface area contributed by atoms with E-state index >= 15 is 0 Å². The van der Waals surface area contributed by atoms with Crippen LogP contribution in [0.1, 0.15) is 5.56 Å². The smallest absolute Gasteiger partial charge is 0.0747 e. The highest BCUT2D eigenvalue weighted by atomic mass is 79.9. The topological polar surface area (TPSA) is 54.4 Å². The van der Waals surface area contributed by atoms with Gasteiger partial charge < -0.3 is 15.2 Å². The summed E-state index contributed by atoms with van der Waals surface area (Å²) in [6, 6.07) is 8.16. The maximum Gasteiger partial charge on any atom is 0.0747 e. The molecule has 0 aliphatic carbocycles. The highest BCUT2D eigenvalue weighted by Crippen LogP contribution is 2.26. The van der Waals surface area contributed by atoms with E-state index in [1.807, 2.05) is 12.3 Å². The van der Waals surface area contributed by atoms with Crippen molar-refractivity contribution in [2.75, 3.05) is 26.4 Å². The third-order valence-electron chi connectivity index (χ3n) is 3.72. The van der Waals surface area contributed by atoms with E-state index in [0.29, 0.717) is 13.2 Å². The molecule has 0 amide bonds. The number of halogens is 1. The number of aliphatic hydroxyl groups excluding tert-OH is 1. The lowest BCUT2D eigenvalue weighted by Crippen LogP contribution is -2.52. The molecule has 0 radical (unpaired) electrons. The van der Waals surface area contributed by atoms with E-state index in [4.69, 9.17) is 4.74 Å². The average Bonchev–Trinajstić information content (AvgIpc) is 2.41. The van der Waals surface area contributed by atoms with Crippen molar-refractivity contribution in [2.24, 2.45) is 5.41 Å². The van der Waals surface area contributed by atoms with Gasteiger partial charge in [-0.2, -0.15) is 0 Å². The number of aliphatic hydroxyl groups is 1. The Morgan fingerprint density at radius 1 is 1.40 bits per heavy atom. The summed E-state index contributed by atoms with van der Waals surface area (Å²) < 4.78 is 6.26. The molecule has 1 aromatic heterocycles. The predicted molar refractivity (Wildman–Crippen MR) is 81.5 cm³/mol. The average molecular weight is 337 g/mol. The number of pyridine rings is 1. The largest absolute Gasteiger partial charge is 0.396 e. The minimum Gasteiger partial charge on any atom is -0.396 e. The molecule has 20 heavy (non-hydrogen) atoms. The number of benzene rings is 1. The van der Waals surface area contributed by atoms with E-state index in [2.05, 4.69) is 44.4 Å². The van der Waals surface area contributed by atoms with Crippen LogP contribution in [0.15, 0.2) is 34.9 Å². The molecule has 2 aromatic rings. The van der Waals surface area contributed by atoms with Gasteiger partial charge in [-0.3, -0.25) is 4.98 Å². The second kappa shape index (κ2) is 5.77. The number of rotatable bonds is 5. The van der Waals surface area contributed by atoms with Crippen LogP contribution in [0, 0.1) is 5.41 Å². The third kappa shape index (κ3) is 2.72. The molecule has 0 bridgehead atoms. The van der Waals surface area contributed by atoms with Gasteiger partial charge in [-0.25, -0.2) is 0 Å². The maximum absolute atomic E-state index is 9.41. The lowest BCUT2D eigenvalue weighted by atomic mass is 9.87. The molecule has 106 valence electrons. The molecular weight excluding hydrogens is 320 g/mol. The molecule has 0 atom stereocenters. The summed E-state index contributed by atoms with van der Waals surface area (Å²) in [4.78, 5) is 4.46. The first-order valence-electron chi connectivity index (χ1n) is 6.65. The molecule has 1 fully saturated rings. The van der Waals surface area contributed by atoms with Crippen LogP contribution in [-0.4, -0.2) is 36.5 Å². The maximum atomic E-state index is 9.41. The molecule has 5 heteroatoms. The van der Waals surface area contributed by atoms with Crippen molar-refractivity contribution >= 4 is 26.8 Å². The number of aromatic nitrogens is 1. The van der Waals surface area contributed by atoms with Crippen molar-refractivity contribution in [1.82, 2.24) is 10.3 Å². The molecule has 1 aliphatic rings. The standard InChI is InChI=1S/C15H17BrN2O2/c16-13-4-11-2-1-3-18-14(11)12(5-13)6-17-7-15(8-19)9-20-10-15/h1-5,17,19H,6-10H2. The molecule has 2 heterocycles. The number of nitrogens with one attached hydrogen (secondary N) is 1. The van der Waals surface area contributed by atoms with Crippen molar-refractivity contribution in [1.29, 1.82) is 0 Å². The number of nitrogens with zero attached hydrogens (tertiary/aromatic N) is 1. The molecule has 1 saturated heterocycles. The number of ether oxygens (including phenoxy) is 1. The van der Waals surface area contributed by atoms with Gasteiger partial charge in [0.05, 0.1) is 30.8 Å². The van der Waals surface area contributed by atoms with Crippen LogP contribution in [0.4, 0.5) is 0 Å². The van der Waals surface area contributed by atoms with Gasteiger partial charge in [-0.15, -0.1) is 0 Å². The van der Waals surface area contributed by atoms with Crippen molar-refractivity contribution in [3.63, 3.8) is 0 Å². The fraction of sp³-hybridized carbons (Fsp3) is 0.400. The van der Waals surface area contributed by atoms with Crippen LogP contribution < -0.4 is 5.32 Å². The van der Waals surface area contributed by atoms with Gasteiger partial charge in [0.25, 0.3) is 0 Å². The lowest BCUT2D eigenvalue weighted by Gasteiger charge is -2.40. The van der Waals surface area contributed by atoms with E-state index < -0.39 is 0 Å². The first-order valence-corrected chi connectivity index (χ1v) is 7.44. The van der Waals surface area contributed by atoms with Gasteiger partial charge in [0.2, 0.25) is 0 Å².